The summed E-state index contributed by atoms with van der Waals surface area (Å²) in [6, 6.07) is 15.3. The lowest BCUT2D eigenvalue weighted by atomic mass is 9.88. The molecule has 0 radical (unpaired) electrons. The van der Waals surface area contributed by atoms with Crippen molar-refractivity contribution in [2.45, 2.75) is 54.9 Å². The molecule has 0 bridgehead atoms. The van der Waals surface area contributed by atoms with Crippen LogP contribution in [-0.2, 0) is 16.3 Å². The smallest absolute Gasteiger partial charge is 0.255 e. The highest BCUT2D eigenvalue weighted by atomic mass is 35.5. The Kier molecular flexibility index (Phi) is 7.54. The average Bonchev–Trinajstić information content (AvgIpc) is 2.95. The Labute approximate surface area is 239 Å². The van der Waals surface area contributed by atoms with Crippen LogP contribution in [0.1, 0.15) is 49.9 Å². The van der Waals surface area contributed by atoms with Crippen LogP contribution in [0.25, 0.3) is 0 Å². The van der Waals surface area contributed by atoms with Crippen LogP contribution >= 0.6 is 11.6 Å². The molecule has 2 saturated heterocycles. The molecule has 3 aromatic carbocycles. The number of sulfone groups is 1. The van der Waals surface area contributed by atoms with Crippen LogP contribution in [0.4, 0.5) is 5.69 Å². The number of hydrogen-bond acceptors (Lipinski definition) is 5. The van der Waals surface area contributed by atoms with Gasteiger partial charge >= 0.3 is 0 Å². The number of aryl methyl sites for hydroxylation is 1. The summed E-state index contributed by atoms with van der Waals surface area (Å²) in [6.07, 6.45) is 4.94. The molecule has 0 spiro atoms. The van der Waals surface area contributed by atoms with E-state index in [0.29, 0.717) is 42.3 Å². The number of halogens is 1. The van der Waals surface area contributed by atoms with Gasteiger partial charge in [0.15, 0.2) is 0 Å². The Bertz CT molecular complexity index is 1510. The normalized spacial score (nSPS) is 18.6. The molecular formula is C31H36ClN3O3S. The third kappa shape index (κ3) is 6.16. The highest BCUT2D eigenvalue weighted by Gasteiger charge is 2.30. The Morgan fingerprint density at radius 2 is 1.62 bits per heavy atom. The van der Waals surface area contributed by atoms with Crippen molar-refractivity contribution >= 4 is 33.0 Å². The van der Waals surface area contributed by atoms with Gasteiger partial charge in [-0.2, -0.15) is 0 Å². The van der Waals surface area contributed by atoms with E-state index in [1.54, 1.807) is 24.3 Å². The lowest BCUT2D eigenvalue weighted by molar-refractivity contribution is 0.0553. The van der Waals surface area contributed by atoms with Crippen molar-refractivity contribution in [2.75, 3.05) is 31.9 Å². The van der Waals surface area contributed by atoms with Crippen LogP contribution in [0.2, 0.25) is 5.02 Å². The van der Waals surface area contributed by atoms with Crippen molar-refractivity contribution < 1.29 is 16.0 Å². The number of carbonyl (C=O) groups is 1. The monoisotopic (exact) mass is 569 g/mol. The molecule has 39 heavy (non-hydrogen) atoms. The third-order valence-electron chi connectivity index (χ3n) is 8.19. The number of para-hydroxylation sites is 1. The zero-order valence-corrected chi connectivity index (χ0v) is 23.8. The van der Waals surface area contributed by atoms with E-state index in [1.165, 1.54) is 18.2 Å². The highest BCUT2D eigenvalue weighted by molar-refractivity contribution is 7.91. The molecule has 2 N–H and O–H groups in total. The van der Waals surface area contributed by atoms with Crippen LogP contribution in [0.3, 0.4) is 0 Å². The molecule has 1 amide bonds. The summed E-state index contributed by atoms with van der Waals surface area (Å²) in [4.78, 5) is 17.8. The number of piperidine rings is 2. The maximum Gasteiger partial charge on any atom is 0.255 e. The van der Waals surface area contributed by atoms with E-state index in [9.17, 15) is 13.2 Å². The first-order valence-electron chi connectivity index (χ1n) is 14.5. The largest absolute Gasteiger partial charge is 0.398 e. The minimum absolute atomic E-state index is 0.0339. The predicted molar refractivity (Wildman–Crippen MR) is 156 cm³/mol. The van der Waals surface area contributed by atoms with Crippen LogP contribution in [-0.4, -0.2) is 56.3 Å². The molecule has 2 aliphatic heterocycles. The Hall–Kier alpha value is -2.87. The fraction of sp³-hybridized carbons (Fsp3) is 0.387. The summed E-state index contributed by atoms with van der Waals surface area (Å²) in [6.45, 7) is 5.26. The van der Waals surface area contributed by atoms with Gasteiger partial charge in [-0.25, -0.2) is 8.42 Å². The van der Waals surface area contributed by atoms with Gasteiger partial charge in [-0.3, -0.25) is 4.79 Å². The van der Waals surface area contributed by atoms with Crippen molar-refractivity contribution in [3.63, 3.8) is 0 Å². The lowest BCUT2D eigenvalue weighted by Gasteiger charge is -2.42. The molecule has 0 unspecified atom stereocenters. The number of anilines is 1. The molecule has 8 heteroatoms. The fourth-order valence-corrected chi connectivity index (χ4v) is 7.29. The number of nitrogens with two attached hydrogens (primary N) is 1. The van der Waals surface area contributed by atoms with E-state index in [4.69, 9.17) is 20.1 Å². The number of hydrogen-bond donors (Lipinski definition) is 1. The van der Waals surface area contributed by atoms with Gasteiger partial charge in [0.1, 0.15) is 0 Å². The minimum atomic E-state index is -3.74. The summed E-state index contributed by atoms with van der Waals surface area (Å²) >= 11 is 5.98. The topological polar surface area (TPSA) is 83.7 Å². The molecule has 0 saturated carbocycles. The number of likely N-dealkylation sites (tertiary alicyclic amines) is 2. The standard InChI is InChI=1S/C31H36ClN3O3S/c1-22-4-2-7-29(30(22)33)31(36)35-18-14-26(15-19-35)34-16-12-24(13-17-34)20-23-8-10-27(11-9-23)39(37,38)28-6-3-5-25(32)21-28/h2-11,21,24,26H,12-20,33H2,1H3/i2T,3T. The number of benzene rings is 3. The third-order valence-corrected chi connectivity index (χ3v) is 10.2. The second-order valence-electron chi connectivity index (χ2n) is 10.7. The average molecular weight is 570 g/mol. The summed E-state index contributed by atoms with van der Waals surface area (Å²) in [5.41, 5.74) is 8.94. The summed E-state index contributed by atoms with van der Waals surface area (Å²) < 4.78 is 41.8. The molecule has 2 fully saturated rings. The predicted octanol–water partition coefficient (Wildman–Crippen LogP) is 5.62. The molecule has 2 heterocycles. The molecule has 3 aromatic rings. The molecule has 0 aromatic heterocycles. The number of nitrogen functional groups attached to an aromatic ring is 1. The van der Waals surface area contributed by atoms with E-state index < -0.39 is 9.84 Å². The van der Waals surface area contributed by atoms with Gasteiger partial charge in [-0.15, -0.1) is 0 Å². The van der Waals surface area contributed by atoms with Crippen molar-refractivity contribution in [1.29, 1.82) is 0 Å². The van der Waals surface area contributed by atoms with Crippen molar-refractivity contribution in [3.8, 4) is 0 Å². The molecule has 206 valence electrons. The Morgan fingerprint density at radius 3 is 2.28 bits per heavy atom. The van der Waals surface area contributed by atoms with E-state index in [0.717, 1.165) is 56.3 Å². The summed E-state index contributed by atoms with van der Waals surface area (Å²) in [7, 11) is -3.74. The lowest BCUT2D eigenvalue weighted by Crippen LogP contribution is -2.49. The van der Waals surface area contributed by atoms with Gasteiger partial charge in [0, 0.05) is 29.8 Å². The van der Waals surface area contributed by atoms with Crippen molar-refractivity contribution in [1.82, 2.24) is 9.80 Å². The molecule has 6 nitrogen and oxygen atoms in total. The van der Waals surface area contributed by atoms with Crippen LogP contribution < -0.4 is 5.73 Å². The Balaban J connectivity index is 1.11. The zero-order chi connectivity index (χ0) is 29.3. The molecular weight excluding hydrogens is 530 g/mol. The maximum atomic E-state index is 13.1. The van der Waals surface area contributed by atoms with E-state index in [2.05, 4.69) is 4.90 Å². The van der Waals surface area contributed by atoms with Gasteiger partial charge < -0.3 is 15.5 Å². The minimum Gasteiger partial charge on any atom is -0.398 e. The second-order valence-corrected chi connectivity index (χ2v) is 13.1. The quantitative estimate of drug-likeness (QED) is 0.389. The zero-order valence-electron chi connectivity index (χ0n) is 24.2. The van der Waals surface area contributed by atoms with Gasteiger partial charge in [-0.1, -0.05) is 41.9 Å². The van der Waals surface area contributed by atoms with E-state index in [1.807, 2.05) is 24.0 Å². The maximum absolute atomic E-state index is 13.1. The van der Waals surface area contributed by atoms with Crippen molar-refractivity contribution in [3.05, 3.63) is 88.4 Å². The van der Waals surface area contributed by atoms with Gasteiger partial charge in [0.25, 0.3) is 5.91 Å². The molecule has 2 aliphatic rings. The summed E-state index contributed by atoms with van der Waals surface area (Å²) in [5, 5.41) is 0.230. The second kappa shape index (κ2) is 11.7. The number of nitrogens with zero attached hydrogens (tertiary/aromatic N) is 2. The Morgan fingerprint density at radius 1 is 0.949 bits per heavy atom. The van der Waals surface area contributed by atoms with Crippen LogP contribution in [0.15, 0.2) is 76.5 Å². The fourth-order valence-electron chi connectivity index (χ4n) is 5.77. The molecule has 0 aliphatic carbocycles. The van der Waals surface area contributed by atoms with Gasteiger partial charge in [-0.05, 0) is 106 Å². The first kappa shape index (κ1) is 25.1. The van der Waals surface area contributed by atoms with Gasteiger partial charge in [0.2, 0.25) is 9.84 Å². The number of amides is 1. The van der Waals surface area contributed by atoms with Gasteiger partial charge in [0.05, 0.1) is 18.1 Å². The first-order valence-corrected chi connectivity index (χ1v) is 15.4. The van der Waals surface area contributed by atoms with Crippen LogP contribution in [0.5, 0.6) is 0 Å². The van der Waals surface area contributed by atoms with Crippen LogP contribution in [0, 0.1) is 12.8 Å². The van der Waals surface area contributed by atoms with E-state index >= 15 is 0 Å². The summed E-state index contributed by atoms with van der Waals surface area (Å²) in [5.74, 6) is 0.460. The number of carbonyl (C=O) groups excluding carboxylic acids is 1. The number of rotatable bonds is 6. The SMILES string of the molecule is [3H]c1cc(Cl)cc(S(=O)(=O)c2ccc(CC3CCN(C4CCN(C(=O)c5cc([3H])cc(C)c5N)CC4)CC3)cc2)c1. The molecule has 0 atom stereocenters. The molecule has 5 rings (SSSR count). The highest BCUT2D eigenvalue weighted by Crippen LogP contribution is 2.29. The first-order chi connectivity index (χ1) is 19.5. The van der Waals surface area contributed by atoms with Crippen molar-refractivity contribution in [2.24, 2.45) is 5.92 Å². The van der Waals surface area contributed by atoms with E-state index in [-0.39, 0.29) is 26.8 Å².